The first kappa shape index (κ1) is 12.0. The summed E-state index contributed by atoms with van der Waals surface area (Å²) in [6, 6.07) is 6.03. The number of thioether (sulfide) groups is 1. The molecule has 0 aliphatic heterocycles. The average molecular weight is 248 g/mol. The van der Waals surface area contributed by atoms with Crippen LogP contribution in [0.25, 0.3) is 0 Å². The van der Waals surface area contributed by atoms with E-state index in [1.165, 1.54) is 5.56 Å². The van der Waals surface area contributed by atoms with E-state index >= 15 is 0 Å². The minimum Gasteiger partial charge on any atom is -0.445 e. The van der Waals surface area contributed by atoms with Crippen LogP contribution in [0.15, 0.2) is 27.5 Å². The van der Waals surface area contributed by atoms with E-state index in [2.05, 4.69) is 18.0 Å². The van der Waals surface area contributed by atoms with E-state index < -0.39 is 0 Å². The largest absolute Gasteiger partial charge is 0.445 e. The molecule has 3 nitrogen and oxygen atoms in total. The SMILES string of the molecule is Cc1ccc(N)c(SCc2nc(C)c(C)o2)c1. The molecule has 0 bridgehead atoms. The van der Waals surface area contributed by atoms with Gasteiger partial charge in [0.05, 0.1) is 11.4 Å². The Morgan fingerprint density at radius 2 is 2.06 bits per heavy atom. The van der Waals surface area contributed by atoms with Crippen LogP contribution in [-0.4, -0.2) is 4.98 Å². The molecule has 0 atom stereocenters. The molecule has 90 valence electrons. The highest BCUT2D eigenvalue weighted by atomic mass is 32.2. The maximum atomic E-state index is 5.92. The fraction of sp³-hybridized carbons (Fsp3) is 0.308. The maximum absolute atomic E-state index is 5.92. The zero-order chi connectivity index (χ0) is 12.4. The predicted molar refractivity (Wildman–Crippen MR) is 71.1 cm³/mol. The van der Waals surface area contributed by atoms with Gasteiger partial charge in [0.1, 0.15) is 5.76 Å². The quantitative estimate of drug-likeness (QED) is 0.667. The predicted octanol–water partition coefficient (Wildman–Crippen LogP) is 3.47. The summed E-state index contributed by atoms with van der Waals surface area (Å²) in [6.45, 7) is 5.94. The molecule has 0 unspecified atom stereocenters. The van der Waals surface area contributed by atoms with Crippen LogP contribution in [0.2, 0.25) is 0 Å². The van der Waals surface area contributed by atoms with Crippen LogP contribution in [0.1, 0.15) is 22.9 Å². The molecule has 0 amide bonds. The molecule has 2 N–H and O–H groups in total. The maximum Gasteiger partial charge on any atom is 0.204 e. The number of benzene rings is 1. The van der Waals surface area contributed by atoms with Crippen LogP contribution in [0.3, 0.4) is 0 Å². The molecule has 0 fully saturated rings. The summed E-state index contributed by atoms with van der Waals surface area (Å²) < 4.78 is 5.53. The van der Waals surface area contributed by atoms with Crippen LogP contribution in [0.4, 0.5) is 5.69 Å². The topological polar surface area (TPSA) is 52.0 Å². The van der Waals surface area contributed by atoms with Gasteiger partial charge in [0.15, 0.2) is 0 Å². The number of rotatable bonds is 3. The summed E-state index contributed by atoms with van der Waals surface area (Å²) in [4.78, 5) is 5.43. The van der Waals surface area contributed by atoms with Gasteiger partial charge in [-0.1, -0.05) is 6.07 Å². The van der Waals surface area contributed by atoms with Crippen LogP contribution in [0, 0.1) is 20.8 Å². The Labute approximate surface area is 105 Å². The van der Waals surface area contributed by atoms with E-state index in [0.29, 0.717) is 5.75 Å². The van der Waals surface area contributed by atoms with Crippen molar-refractivity contribution in [3.05, 3.63) is 41.1 Å². The molecular formula is C13H16N2OS. The molecule has 0 spiro atoms. The van der Waals surface area contributed by atoms with Crippen molar-refractivity contribution < 1.29 is 4.42 Å². The van der Waals surface area contributed by atoms with E-state index in [1.807, 2.05) is 26.0 Å². The number of hydrogen-bond donors (Lipinski definition) is 1. The second kappa shape index (κ2) is 4.84. The average Bonchev–Trinajstić information content (AvgIpc) is 2.60. The van der Waals surface area contributed by atoms with Gasteiger partial charge in [0.2, 0.25) is 5.89 Å². The Balaban J connectivity index is 2.09. The van der Waals surface area contributed by atoms with Gasteiger partial charge >= 0.3 is 0 Å². The van der Waals surface area contributed by atoms with Gasteiger partial charge in [0, 0.05) is 10.6 Å². The summed E-state index contributed by atoms with van der Waals surface area (Å²) in [7, 11) is 0. The van der Waals surface area contributed by atoms with Gasteiger partial charge in [-0.2, -0.15) is 0 Å². The summed E-state index contributed by atoms with van der Waals surface area (Å²) in [5.41, 5.74) is 8.89. The number of aryl methyl sites for hydroxylation is 3. The Bertz CT molecular complexity index is 515. The van der Waals surface area contributed by atoms with Crippen LogP contribution in [0.5, 0.6) is 0 Å². The van der Waals surface area contributed by atoms with Crippen LogP contribution < -0.4 is 5.73 Å². The van der Waals surface area contributed by atoms with Gasteiger partial charge in [-0.15, -0.1) is 11.8 Å². The number of anilines is 1. The Morgan fingerprint density at radius 1 is 1.29 bits per heavy atom. The zero-order valence-corrected chi connectivity index (χ0v) is 11.1. The Kier molecular flexibility index (Phi) is 3.43. The molecule has 1 aromatic heterocycles. The minimum absolute atomic E-state index is 0.711. The summed E-state index contributed by atoms with van der Waals surface area (Å²) in [6.07, 6.45) is 0. The molecule has 2 rings (SSSR count). The monoisotopic (exact) mass is 248 g/mol. The lowest BCUT2D eigenvalue weighted by Crippen LogP contribution is -1.90. The van der Waals surface area contributed by atoms with E-state index in [9.17, 15) is 0 Å². The Hall–Kier alpha value is -1.42. The van der Waals surface area contributed by atoms with E-state index in [-0.39, 0.29) is 0 Å². The highest BCUT2D eigenvalue weighted by Gasteiger charge is 2.07. The molecule has 0 saturated heterocycles. The fourth-order valence-corrected chi connectivity index (χ4v) is 2.41. The van der Waals surface area contributed by atoms with Crippen molar-refractivity contribution in [3.8, 4) is 0 Å². The third-order valence-corrected chi connectivity index (χ3v) is 3.65. The van der Waals surface area contributed by atoms with Crippen molar-refractivity contribution in [3.63, 3.8) is 0 Å². The number of aromatic nitrogens is 1. The number of nitrogens with zero attached hydrogens (tertiary/aromatic N) is 1. The first-order valence-corrected chi connectivity index (χ1v) is 6.46. The minimum atomic E-state index is 0.711. The smallest absolute Gasteiger partial charge is 0.204 e. The first-order chi connectivity index (χ1) is 8.06. The van der Waals surface area contributed by atoms with E-state index in [4.69, 9.17) is 10.2 Å². The highest BCUT2D eigenvalue weighted by molar-refractivity contribution is 7.98. The standard InChI is InChI=1S/C13H16N2OS/c1-8-4-5-11(14)12(6-8)17-7-13-15-9(2)10(3)16-13/h4-6H,7,14H2,1-3H3. The molecule has 0 aliphatic rings. The highest BCUT2D eigenvalue weighted by Crippen LogP contribution is 2.29. The van der Waals surface area contributed by atoms with Crippen molar-refractivity contribution in [2.24, 2.45) is 0 Å². The third-order valence-electron chi connectivity index (χ3n) is 2.59. The summed E-state index contributed by atoms with van der Waals surface area (Å²) in [5, 5.41) is 0. The van der Waals surface area contributed by atoms with Crippen molar-refractivity contribution in [2.45, 2.75) is 31.4 Å². The number of oxazole rings is 1. The van der Waals surface area contributed by atoms with Crippen molar-refractivity contribution in [1.29, 1.82) is 0 Å². The van der Waals surface area contributed by atoms with E-state index in [1.54, 1.807) is 11.8 Å². The molecule has 2 aromatic rings. The lowest BCUT2D eigenvalue weighted by Gasteiger charge is -2.04. The molecule has 0 aliphatic carbocycles. The summed E-state index contributed by atoms with van der Waals surface area (Å²) >= 11 is 1.66. The van der Waals surface area contributed by atoms with Gasteiger partial charge in [-0.05, 0) is 38.5 Å². The van der Waals surface area contributed by atoms with Crippen molar-refractivity contribution in [1.82, 2.24) is 4.98 Å². The lowest BCUT2D eigenvalue weighted by molar-refractivity contribution is 0.489. The van der Waals surface area contributed by atoms with Gasteiger partial charge in [-0.25, -0.2) is 4.98 Å². The first-order valence-electron chi connectivity index (χ1n) is 5.48. The van der Waals surface area contributed by atoms with Crippen LogP contribution in [-0.2, 0) is 5.75 Å². The van der Waals surface area contributed by atoms with Crippen molar-refractivity contribution in [2.75, 3.05) is 5.73 Å². The second-order valence-electron chi connectivity index (χ2n) is 4.08. The Morgan fingerprint density at radius 3 is 2.71 bits per heavy atom. The molecule has 1 heterocycles. The van der Waals surface area contributed by atoms with Crippen molar-refractivity contribution >= 4 is 17.4 Å². The molecule has 17 heavy (non-hydrogen) atoms. The normalized spacial score (nSPS) is 10.8. The lowest BCUT2D eigenvalue weighted by atomic mass is 10.2. The number of nitrogens with two attached hydrogens (primary N) is 1. The molecule has 0 radical (unpaired) electrons. The molecule has 1 aromatic carbocycles. The second-order valence-corrected chi connectivity index (χ2v) is 5.10. The van der Waals surface area contributed by atoms with Gasteiger partial charge < -0.3 is 10.2 Å². The molecular weight excluding hydrogens is 232 g/mol. The van der Waals surface area contributed by atoms with E-state index in [0.717, 1.165) is 27.9 Å². The van der Waals surface area contributed by atoms with Gasteiger partial charge in [-0.3, -0.25) is 0 Å². The number of nitrogen functional groups attached to an aromatic ring is 1. The van der Waals surface area contributed by atoms with Gasteiger partial charge in [0.25, 0.3) is 0 Å². The molecule has 4 heteroatoms. The fourth-order valence-electron chi connectivity index (χ4n) is 1.51. The third kappa shape index (κ3) is 2.82. The molecule has 0 saturated carbocycles. The summed E-state index contributed by atoms with van der Waals surface area (Å²) in [5.74, 6) is 2.35. The number of hydrogen-bond acceptors (Lipinski definition) is 4. The zero-order valence-electron chi connectivity index (χ0n) is 10.3. The van der Waals surface area contributed by atoms with Crippen LogP contribution >= 0.6 is 11.8 Å².